The monoisotopic (exact) mass is 388 g/mol. The highest BCUT2D eigenvalue weighted by atomic mass is 35.5. The summed E-state index contributed by atoms with van der Waals surface area (Å²) in [6, 6.07) is 12.6. The van der Waals surface area contributed by atoms with E-state index in [1.54, 1.807) is 35.2 Å². The second kappa shape index (κ2) is 8.77. The molecular formula is C20H21ClN2O4. The molecule has 3 rings (SSSR count). The minimum atomic E-state index is -0.142. The van der Waals surface area contributed by atoms with Crippen LogP contribution in [-0.4, -0.2) is 31.6 Å². The zero-order chi connectivity index (χ0) is 19.2. The van der Waals surface area contributed by atoms with Crippen molar-refractivity contribution in [3.8, 4) is 11.5 Å². The van der Waals surface area contributed by atoms with Crippen molar-refractivity contribution in [3.63, 3.8) is 0 Å². The Labute approximate surface area is 163 Å². The van der Waals surface area contributed by atoms with Crippen LogP contribution in [0.3, 0.4) is 0 Å². The molecule has 7 heteroatoms. The maximum absolute atomic E-state index is 12.2. The molecule has 27 heavy (non-hydrogen) atoms. The van der Waals surface area contributed by atoms with Crippen molar-refractivity contribution < 1.29 is 19.1 Å². The smallest absolute Gasteiger partial charge is 0.223 e. The number of halogens is 1. The Bertz CT molecular complexity index is 823. The van der Waals surface area contributed by atoms with Crippen molar-refractivity contribution in [3.05, 3.63) is 53.1 Å². The Hall–Kier alpha value is -2.73. The van der Waals surface area contributed by atoms with Gasteiger partial charge in [-0.25, -0.2) is 0 Å². The van der Waals surface area contributed by atoms with E-state index in [9.17, 15) is 9.59 Å². The van der Waals surface area contributed by atoms with Gasteiger partial charge in [0.2, 0.25) is 11.8 Å². The number of hydrogen-bond donors (Lipinski definition) is 1. The largest absolute Gasteiger partial charge is 0.486 e. The third-order valence-corrected chi connectivity index (χ3v) is 4.43. The lowest BCUT2D eigenvalue weighted by Gasteiger charge is -2.24. The Kier molecular flexibility index (Phi) is 6.19. The maximum atomic E-state index is 12.2. The van der Waals surface area contributed by atoms with E-state index in [-0.39, 0.29) is 24.8 Å². The predicted molar refractivity (Wildman–Crippen MR) is 103 cm³/mol. The van der Waals surface area contributed by atoms with Gasteiger partial charge in [-0.05, 0) is 29.8 Å². The molecule has 6 nitrogen and oxygen atoms in total. The van der Waals surface area contributed by atoms with E-state index < -0.39 is 0 Å². The summed E-state index contributed by atoms with van der Waals surface area (Å²) in [5.74, 6) is 0.998. The number of benzene rings is 2. The van der Waals surface area contributed by atoms with Crippen molar-refractivity contribution >= 4 is 29.1 Å². The highest BCUT2D eigenvalue weighted by molar-refractivity contribution is 6.30. The highest BCUT2D eigenvalue weighted by Gasteiger charge is 2.18. The Morgan fingerprint density at radius 1 is 1.07 bits per heavy atom. The molecule has 1 aliphatic rings. The molecule has 0 saturated heterocycles. The average Bonchev–Trinajstić information content (AvgIpc) is 2.67. The third kappa shape index (κ3) is 5.14. The normalized spacial score (nSPS) is 12.4. The summed E-state index contributed by atoms with van der Waals surface area (Å²) in [6.45, 7) is 3.16. The molecule has 0 fully saturated rings. The quantitative estimate of drug-likeness (QED) is 0.825. The van der Waals surface area contributed by atoms with Gasteiger partial charge in [0.25, 0.3) is 0 Å². The molecule has 1 N–H and O–H groups in total. The minimum absolute atomic E-state index is 0.131. The zero-order valence-corrected chi connectivity index (χ0v) is 15.8. The van der Waals surface area contributed by atoms with E-state index in [0.29, 0.717) is 42.0 Å². The standard InChI is InChI=1S/C20H21ClN2O4/c1-14(24)23(17-6-7-18-19(12-17)27-11-10-26-18)9-8-20(25)22-13-15-2-4-16(21)5-3-15/h2-7,12H,8-11,13H2,1H3,(H,22,25). The molecule has 0 atom stereocenters. The first-order valence-corrected chi connectivity index (χ1v) is 9.09. The molecule has 2 aromatic carbocycles. The molecule has 0 bridgehead atoms. The molecule has 142 valence electrons. The number of nitrogens with one attached hydrogen (secondary N) is 1. The number of nitrogens with zero attached hydrogens (tertiary/aromatic N) is 1. The number of anilines is 1. The van der Waals surface area contributed by atoms with Crippen LogP contribution in [0.5, 0.6) is 11.5 Å². The summed E-state index contributed by atoms with van der Waals surface area (Å²) in [5.41, 5.74) is 1.64. The second-order valence-electron chi connectivity index (χ2n) is 6.15. The van der Waals surface area contributed by atoms with Gasteiger partial charge in [-0.3, -0.25) is 9.59 Å². The summed E-state index contributed by atoms with van der Waals surface area (Å²) >= 11 is 5.85. The number of ether oxygens (including phenoxy) is 2. The van der Waals surface area contributed by atoms with Gasteiger partial charge in [-0.15, -0.1) is 0 Å². The van der Waals surface area contributed by atoms with Gasteiger partial charge < -0.3 is 19.7 Å². The van der Waals surface area contributed by atoms with Gasteiger partial charge in [0.15, 0.2) is 11.5 Å². The number of carbonyl (C=O) groups is 2. The zero-order valence-electron chi connectivity index (χ0n) is 15.0. The van der Waals surface area contributed by atoms with Crippen LogP contribution in [0, 0.1) is 0 Å². The van der Waals surface area contributed by atoms with Crippen LogP contribution < -0.4 is 19.7 Å². The van der Waals surface area contributed by atoms with E-state index >= 15 is 0 Å². The van der Waals surface area contributed by atoms with Crippen molar-refractivity contribution in [2.24, 2.45) is 0 Å². The Morgan fingerprint density at radius 3 is 2.48 bits per heavy atom. The summed E-state index contributed by atoms with van der Waals surface area (Å²) in [7, 11) is 0. The van der Waals surface area contributed by atoms with E-state index in [1.807, 2.05) is 12.1 Å². The first-order valence-electron chi connectivity index (χ1n) is 8.72. The molecule has 0 unspecified atom stereocenters. The van der Waals surface area contributed by atoms with E-state index in [2.05, 4.69) is 5.32 Å². The first kappa shape index (κ1) is 19.0. The topological polar surface area (TPSA) is 67.9 Å². The van der Waals surface area contributed by atoms with Crippen molar-refractivity contribution in [1.29, 1.82) is 0 Å². The minimum Gasteiger partial charge on any atom is -0.486 e. The summed E-state index contributed by atoms with van der Waals surface area (Å²) in [5, 5.41) is 3.50. The lowest BCUT2D eigenvalue weighted by Crippen LogP contribution is -2.33. The van der Waals surface area contributed by atoms with Gasteiger partial charge in [0.1, 0.15) is 13.2 Å². The van der Waals surface area contributed by atoms with Crippen LogP contribution >= 0.6 is 11.6 Å². The second-order valence-corrected chi connectivity index (χ2v) is 6.59. The number of fused-ring (bicyclic) bond motifs is 1. The third-order valence-electron chi connectivity index (χ3n) is 4.18. The molecule has 2 aromatic rings. The maximum Gasteiger partial charge on any atom is 0.223 e. The number of rotatable bonds is 6. The van der Waals surface area contributed by atoms with E-state index in [4.69, 9.17) is 21.1 Å². The fraction of sp³-hybridized carbons (Fsp3) is 0.300. The number of amides is 2. The van der Waals surface area contributed by atoms with Gasteiger partial charge in [-0.1, -0.05) is 23.7 Å². The summed E-state index contributed by atoms with van der Waals surface area (Å²) in [4.78, 5) is 25.8. The number of hydrogen-bond acceptors (Lipinski definition) is 4. The predicted octanol–water partition coefficient (Wildman–Crippen LogP) is 3.17. The highest BCUT2D eigenvalue weighted by Crippen LogP contribution is 2.34. The van der Waals surface area contributed by atoms with E-state index in [0.717, 1.165) is 5.56 Å². The van der Waals surface area contributed by atoms with Gasteiger partial charge in [0, 0.05) is 43.2 Å². The molecule has 0 aliphatic carbocycles. The lowest BCUT2D eigenvalue weighted by atomic mass is 10.2. The van der Waals surface area contributed by atoms with Crippen LogP contribution in [-0.2, 0) is 16.1 Å². The van der Waals surface area contributed by atoms with Crippen LogP contribution in [0.25, 0.3) is 0 Å². The van der Waals surface area contributed by atoms with Crippen molar-refractivity contribution in [1.82, 2.24) is 5.32 Å². The summed E-state index contributed by atoms with van der Waals surface area (Å²) in [6.07, 6.45) is 0.196. The Morgan fingerprint density at radius 2 is 1.78 bits per heavy atom. The molecule has 0 saturated carbocycles. The van der Waals surface area contributed by atoms with Crippen LogP contribution in [0.2, 0.25) is 5.02 Å². The van der Waals surface area contributed by atoms with Crippen molar-refractivity contribution in [2.45, 2.75) is 19.9 Å². The Balaban J connectivity index is 1.57. The van der Waals surface area contributed by atoms with Crippen molar-refractivity contribution in [2.75, 3.05) is 24.7 Å². The van der Waals surface area contributed by atoms with Crippen LogP contribution in [0.4, 0.5) is 5.69 Å². The molecule has 1 heterocycles. The fourth-order valence-corrected chi connectivity index (χ4v) is 2.90. The lowest BCUT2D eigenvalue weighted by molar-refractivity contribution is -0.121. The SMILES string of the molecule is CC(=O)N(CCC(=O)NCc1ccc(Cl)cc1)c1ccc2c(c1)OCCO2. The number of carbonyl (C=O) groups excluding carboxylic acids is 2. The molecule has 0 radical (unpaired) electrons. The molecule has 2 amide bonds. The van der Waals surface area contributed by atoms with Gasteiger partial charge in [-0.2, -0.15) is 0 Å². The van der Waals surface area contributed by atoms with Crippen LogP contribution in [0.1, 0.15) is 18.9 Å². The van der Waals surface area contributed by atoms with Crippen LogP contribution in [0.15, 0.2) is 42.5 Å². The fourth-order valence-electron chi connectivity index (χ4n) is 2.77. The average molecular weight is 389 g/mol. The molecular weight excluding hydrogens is 368 g/mol. The summed E-state index contributed by atoms with van der Waals surface area (Å²) < 4.78 is 11.1. The molecule has 0 spiro atoms. The van der Waals surface area contributed by atoms with Gasteiger partial charge >= 0.3 is 0 Å². The molecule has 0 aromatic heterocycles. The molecule has 1 aliphatic heterocycles. The first-order chi connectivity index (χ1) is 13.0. The van der Waals surface area contributed by atoms with E-state index in [1.165, 1.54) is 6.92 Å². The van der Waals surface area contributed by atoms with Gasteiger partial charge in [0.05, 0.1) is 0 Å².